The van der Waals surface area contributed by atoms with E-state index in [1.54, 1.807) is 0 Å². The minimum atomic E-state index is 1.32. The quantitative estimate of drug-likeness (QED) is 0.340. The van der Waals surface area contributed by atoms with Gasteiger partial charge in [0.2, 0.25) is 0 Å². The summed E-state index contributed by atoms with van der Waals surface area (Å²) >= 11 is 0. The molecule has 0 nitrogen and oxygen atoms in total. The van der Waals surface area contributed by atoms with Gasteiger partial charge in [0.05, 0.1) is 0 Å². The minimum Gasteiger partial charge on any atom is -0.0885 e. The molecule has 0 aromatic carbocycles. The zero-order valence-electron chi connectivity index (χ0n) is 15.6. The van der Waals surface area contributed by atoms with Gasteiger partial charge in [-0.2, -0.15) is 0 Å². The molecule has 0 fully saturated rings. The highest BCUT2D eigenvalue weighted by Crippen LogP contribution is 2.05. The van der Waals surface area contributed by atoms with Gasteiger partial charge in [-0.15, -0.1) is 0 Å². The Balaban J connectivity index is -0.000000195. The van der Waals surface area contributed by atoms with Crippen LogP contribution in [0.2, 0.25) is 0 Å². The van der Waals surface area contributed by atoms with Crippen molar-refractivity contribution in [2.75, 3.05) is 0 Å². The first-order valence-electron chi connectivity index (χ1n) is 9.39. The van der Waals surface area contributed by atoms with Gasteiger partial charge in [-0.05, 0) is 19.3 Å². The normalized spacial score (nSPS) is 11.5. The standard InChI is InChI=1S/C6H14.C5H8.C5H12.C4H10/c1-3-5-6-4-2;1-2-4-5-3-1;1-3-5-4-2;1-3-4-2/h3-6H2,1-2H3;1-2H,3-5H2;3-5H2,1-2H3;3-4H2,1-2H3. The molecule has 1 rings (SSSR count). The fraction of sp³-hybridized carbons (Fsp3) is 0.900. The fourth-order valence-corrected chi connectivity index (χ4v) is 1.44. The average molecular weight is 285 g/mol. The molecule has 20 heavy (non-hydrogen) atoms. The van der Waals surface area contributed by atoms with Crippen molar-refractivity contribution in [1.29, 1.82) is 0 Å². The molecular formula is C20H44. The van der Waals surface area contributed by atoms with Crippen LogP contribution in [0.25, 0.3) is 0 Å². The van der Waals surface area contributed by atoms with Crippen LogP contribution in [0.3, 0.4) is 0 Å². The van der Waals surface area contributed by atoms with Crippen molar-refractivity contribution in [2.24, 2.45) is 0 Å². The molecule has 0 saturated carbocycles. The van der Waals surface area contributed by atoms with Crippen LogP contribution in [0.4, 0.5) is 0 Å². The van der Waals surface area contributed by atoms with Crippen LogP contribution in [0.15, 0.2) is 12.2 Å². The van der Waals surface area contributed by atoms with Gasteiger partial charge in [0, 0.05) is 0 Å². The molecule has 0 bridgehead atoms. The highest BCUT2D eigenvalue weighted by molar-refractivity contribution is 4.88. The van der Waals surface area contributed by atoms with Gasteiger partial charge in [-0.3, -0.25) is 0 Å². The van der Waals surface area contributed by atoms with Crippen LogP contribution >= 0.6 is 0 Å². The van der Waals surface area contributed by atoms with Crippen LogP contribution in [0, 0.1) is 0 Å². The summed E-state index contributed by atoms with van der Waals surface area (Å²) in [6.07, 6.45) is 20.8. The van der Waals surface area contributed by atoms with E-state index in [1.807, 2.05) is 0 Å². The van der Waals surface area contributed by atoms with Crippen molar-refractivity contribution in [3.8, 4) is 0 Å². The van der Waals surface area contributed by atoms with E-state index in [2.05, 4.69) is 53.7 Å². The summed E-state index contributed by atoms with van der Waals surface area (Å²) in [5, 5.41) is 0. The highest BCUT2D eigenvalue weighted by Gasteiger charge is 1.84. The average Bonchev–Trinajstić information content (AvgIpc) is 3.06. The van der Waals surface area contributed by atoms with Crippen molar-refractivity contribution in [2.45, 2.75) is 119 Å². The third-order valence-electron chi connectivity index (χ3n) is 3.07. The van der Waals surface area contributed by atoms with Crippen molar-refractivity contribution >= 4 is 0 Å². The second kappa shape index (κ2) is 31.2. The smallest absolute Gasteiger partial charge is 0.0348 e. The predicted molar refractivity (Wildman–Crippen MR) is 98.6 cm³/mol. The molecule has 1 aliphatic carbocycles. The van der Waals surface area contributed by atoms with Crippen LogP contribution in [-0.2, 0) is 0 Å². The monoisotopic (exact) mass is 284 g/mol. The Morgan fingerprint density at radius 2 is 0.850 bits per heavy atom. The van der Waals surface area contributed by atoms with E-state index < -0.39 is 0 Å². The second-order valence-electron chi connectivity index (χ2n) is 5.46. The van der Waals surface area contributed by atoms with Crippen molar-refractivity contribution in [1.82, 2.24) is 0 Å². The number of hydrogen-bond donors (Lipinski definition) is 0. The molecule has 0 aromatic rings. The molecule has 0 radical (unpaired) electrons. The first kappa shape index (κ1) is 24.7. The number of allylic oxidation sites excluding steroid dienone is 2. The lowest BCUT2D eigenvalue weighted by Gasteiger charge is -1.86. The lowest BCUT2D eigenvalue weighted by atomic mass is 10.2. The summed E-state index contributed by atoms with van der Waals surface area (Å²) in [6, 6.07) is 0. The first-order valence-corrected chi connectivity index (χ1v) is 9.39. The van der Waals surface area contributed by atoms with Crippen LogP contribution in [-0.4, -0.2) is 0 Å². The SMILES string of the molecule is C1=CCCC1.CCCC.CCCCC.CCCCCC. The van der Waals surface area contributed by atoms with Crippen LogP contribution < -0.4 is 0 Å². The molecule has 1 aliphatic rings. The van der Waals surface area contributed by atoms with E-state index in [-0.39, 0.29) is 0 Å². The maximum atomic E-state index is 2.24. The van der Waals surface area contributed by atoms with E-state index in [4.69, 9.17) is 0 Å². The summed E-state index contributed by atoms with van der Waals surface area (Å²) in [7, 11) is 0. The van der Waals surface area contributed by atoms with Crippen molar-refractivity contribution in [3.05, 3.63) is 12.2 Å². The lowest BCUT2D eigenvalue weighted by Crippen LogP contribution is -1.66. The molecule has 124 valence electrons. The van der Waals surface area contributed by atoms with Gasteiger partial charge >= 0.3 is 0 Å². The molecule has 0 amide bonds. The van der Waals surface area contributed by atoms with Crippen molar-refractivity contribution < 1.29 is 0 Å². The van der Waals surface area contributed by atoms with Gasteiger partial charge in [0.1, 0.15) is 0 Å². The summed E-state index contributed by atoms with van der Waals surface area (Å²) in [5.74, 6) is 0. The van der Waals surface area contributed by atoms with Gasteiger partial charge in [0.15, 0.2) is 0 Å². The van der Waals surface area contributed by atoms with Crippen LogP contribution in [0.1, 0.15) is 119 Å². The molecule has 0 atom stereocenters. The molecule has 0 spiro atoms. The molecule has 0 heterocycles. The Bertz CT molecular complexity index is 121. The van der Waals surface area contributed by atoms with Gasteiger partial charge in [0.25, 0.3) is 0 Å². The third-order valence-corrected chi connectivity index (χ3v) is 3.07. The van der Waals surface area contributed by atoms with Crippen LogP contribution in [0.5, 0.6) is 0 Å². The second-order valence-corrected chi connectivity index (χ2v) is 5.46. The summed E-state index contributed by atoms with van der Waals surface area (Å²) in [6.45, 7) is 13.2. The zero-order valence-corrected chi connectivity index (χ0v) is 15.6. The lowest BCUT2D eigenvalue weighted by molar-refractivity contribution is 0.702. The molecule has 0 heteroatoms. The molecule has 0 N–H and O–H groups in total. The van der Waals surface area contributed by atoms with E-state index in [9.17, 15) is 0 Å². The third kappa shape index (κ3) is 43.1. The molecule has 0 saturated heterocycles. The summed E-state index contributed by atoms with van der Waals surface area (Å²) in [4.78, 5) is 0. The van der Waals surface area contributed by atoms with Gasteiger partial charge < -0.3 is 0 Å². The Morgan fingerprint density at radius 3 is 0.950 bits per heavy atom. The maximum absolute atomic E-state index is 2.24. The fourth-order valence-electron chi connectivity index (χ4n) is 1.44. The van der Waals surface area contributed by atoms with Gasteiger partial charge in [-0.25, -0.2) is 0 Å². The number of hydrogen-bond acceptors (Lipinski definition) is 0. The Hall–Kier alpha value is -0.260. The predicted octanol–water partition coefficient (Wildman–Crippen LogP) is 8.32. The van der Waals surface area contributed by atoms with E-state index in [0.29, 0.717) is 0 Å². The summed E-state index contributed by atoms with van der Waals surface area (Å²) in [5.41, 5.74) is 0. The molecule has 0 aliphatic heterocycles. The molecular weight excluding hydrogens is 240 g/mol. The summed E-state index contributed by atoms with van der Waals surface area (Å²) < 4.78 is 0. The molecule has 0 unspecified atom stereocenters. The largest absolute Gasteiger partial charge is 0.0885 e. The van der Waals surface area contributed by atoms with Crippen molar-refractivity contribution in [3.63, 3.8) is 0 Å². The number of rotatable bonds is 6. The first-order chi connectivity index (χ1) is 9.74. The Kier molecular flexibility index (Phi) is 38.6. The number of unbranched alkanes of at least 4 members (excludes halogenated alkanes) is 6. The zero-order chi connectivity index (χ0) is 15.9. The minimum absolute atomic E-state index is 1.32. The maximum Gasteiger partial charge on any atom is -0.0348 e. The van der Waals surface area contributed by atoms with E-state index >= 15 is 0 Å². The highest BCUT2D eigenvalue weighted by atomic mass is 13.9. The Morgan fingerprint density at radius 1 is 0.500 bits per heavy atom. The Labute approximate surface area is 131 Å². The molecule has 0 aromatic heterocycles. The topological polar surface area (TPSA) is 0 Å². The van der Waals surface area contributed by atoms with E-state index in [1.165, 1.54) is 77.0 Å². The van der Waals surface area contributed by atoms with Gasteiger partial charge in [-0.1, -0.05) is 111 Å². The van der Waals surface area contributed by atoms with E-state index in [0.717, 1.165) is 0 Å².